The molecule has 2 heteroatoms. The van der Waals surface area contributed by atoms with E-state index in [1.807, 2.05) is 0 Å². The Balaban J connectivity index is 2.17. The molecular weight excluding hydrogens is 310 g/mol. The van der Waals surface area contributed by atoms with Gasteiger partial charge < -0.3 is 5.32 Å². The van der Waals surface area contributed by atoms with Crippen LogP contribution in [0.25, 0.3) is 0 Å². The van der Waals surface area contributed by atoms with Crippen molar-refractivity contribution in [2.24, 2.45) is 0 Å². The first-order valence-corrected chi connectivity index (χ1v) is 8.01. The summed E-state index contributed by atoms with van der Waals surface area (Å²) in [5.74, 6) is 0.560. The highest BCUT2D eigenvalue weighted by Gasteiger charge is 2.09. The third-order valence-electron chi connectivity index (χ3n) is 3.57. The lowest BCUT2D eigenvalue weighted by atomic mass is 10.0. The fourth-order valence-electron chi connectivity index (χ4n) is 2.30. The molecule has 1 nitrogen and oxygen atoms in total. The molecule has 2 aromatic rings. The van der Waals surface area contributed by atoms with E-state index in [9.17, 15) is 0 Å². The van der Waals surface area contributed by atoms with E-state index in [4.69, 9.17) is 0 Å². The fraction of sp³-hybridized carbons (Fsp3) is 0.333. The Bertz CT molecular complexity index is 546. The van der Waals surface area contributed by atoms with E-state index in [0.29, 0.717) is 12.0 Å². The van der Waals surface area contributed by atoms with Crippen molar-refractivity contribution in [2.45, 2.75) is 39.2 Å². The van der Waals surface area contributed by atoms with Crippen molar-refractivity contribution < 1.29 is 0 Å². The van der Waals surface area contributed by atoms with Crippen molar-refractivity contribution in [3.63, 3.8) is 0 Å². The summed E-state index contributed by atoms with van der Waals surface area (Å²) in [6, 6.07) is 17.6. The van der Waals surface area contributed by atoms with Crippen LogP contribution in [-0.2, 0) is 0 Å². The predicted octanol–water partition coefficient (Wildman–Crippen LogP) is 6.14. The van der Waals surface area contributed by atoms with Crippen LogP contribution in [0.15, 0.2) is 53.0 Å². The minimum absolute atomic E-state index is 0.352. The normalized spacial score (nSPS) is 12.4. The van der Waals surface area contributed by atoms with Crippen molar-refractivity contribution in [3.8, 4) is 0 Å². The summed E-state index contributed by atoms with van der Waals surface area (Å²) in [5.41, 5.74) is 3.90. The van der Waals surface area contributed by atoms with Gasteiger partial charge in [0.2, 0.25) is 0 Å². The Morgan fingerprint density at radius 1 is 1.00 bits per heavy atom. The first-order chi connectivity index (χ1) is 9.60. The molecule has 0 aliphatic carbocycles. The summed E-state index contributed by atoms with van der Waals surface area (Å²) in [4.78, 5) is 0. The second-order valence-electron chi connectivity index (χ2n) is 5.44. The van der Waals surface area contributed by atoms with Gasteiger partial charge in [-0.1, -0.05) is 61.0 Å². The van der Waals surface area contributed by atoms with Gasteiger partial charge in [0.15, 0.2) is 0 Å². The molecule has 2 aromatic carbocycles. The molecule has 1 N–H and O–H groups in total. The van der Waals surface area contributed by atoms with Gasteiger partial charge >= 0.3 is 0 Å². The zero-order valence-electron chi connectivity index (χ0n) is 12.4. The van der Waals surface area contributed by atoms with Gasteiger partial charge in [-0.25, -0.2) is 0 Å². The van der Waals surface area contributed by atoms with Crippen LogP contribution in [0.5, 0.6) is 0 Å². The monoisotopic (exact) mass is 331 g/mol. The summed E-state index contributed by atoms with van der Waals surface area (Å²) in [5, 5.41) is 3.64. The second kappa shape index (κ2) is 6.94. The Morgan fingerprint density at radius 2 is 1.70 bits per heavy atom. The number of halogens is 1. The van der Waals surface area contributed by atoms with Gasteiger partial charge in [0.05, 0.1) is 6.04 Å². The topological polar surface area (TPSA) is 12.0 Å². The largest absolute Gasteiger partial charge is 0.378 e. The van der Waals surface area contributed by atoms with E-state index >= 15 is 0 Å². The molecule has 0 amide bonds. The summed E-state index contributed by atoms with van der Waals surface area (Å²) >= 11 is 3.49. The first kappa shape index (κ1) is 15.1. The second-order valence-corrected chi connectivity index (χ2v) is 6.35. The summed E-state index contributed by atoms with van der Waals surface area (Å²) in [7, 11) is 0. The Labute approximate surface area is 130 Å². The highest BCUT2D eigenvalue weighted by molar-refractivity contribution is 9.10. The minimum atomic E-state index is 0.352. The Hall–Kier alpha value is -1.28. The molecule has 0 heterocycles. The molecule has 0 radical (unpaired) electrons. The lowest BCUT2D eigenvalue weighted by Crippen LogP contribution is -2.09. The molecule has 0 aromatic heterocycles. The van der Waals surface area contributed by atoms with E-state index < -0.39 is 0 Å². The number of benzene rings is 2. The van der Waals surface area contributed by atoms with Crippen LogP contribution in [0.2, 0.25) is 0 Å². The maximum Gasteiger partial charge on any atom is 0.0511 e. The molecule has 1 atom stereocenters. The molecule has 1 unspecified atom stereocenters. The van der Waals surface area contributed by atoms with E-state index in [1.54, 1.807) is 0 Å². The molecular formula is C18H22BrN. The third kappa shape index (κ3) is 3.86. The fourth-order valence-corrected chi connectivity index (χ4v) is 2.57. The van der Waals surface area contributed by atoms with E-state index in [0.717, 1.165) is 10.9 Å². The van der Waals surface area contributed by atoms with E-state index in [1.165, 1.54) is 16.8 Å². The SMILES string of the molecule is CCC(Nc1cccc(C(C)C)c1)c1ccc(Br)cc1. The lowest BCUT2D eigenvalue weighted by molar-refractivity contribution is 0.748. The molecule has 2 rings (SSSR count). The smallest absolute Gasteiger partial charge is 0.0511 e. The molecule has 106 valence electrons. The predicted molar refractivity (Wildman–Crippen MR) is 91.3 cm³/mol. The number of hydrogen-bond acceptors (Lipinski definition) is 1. The van der Waals surface area contributed by atoms with Crippen molar-refractivity contribution in [3.05, 3.63) is 64.1 Å². The quantitative estimate of drug-likeness (QED) is 0.694. The molecule has 0 aliphatic rings. The van der Waals surface area contributed by atoms with Crippen LogP contribution in [0, 0.1) is 0 Å². The van der Waals surface area contributed by atoms with Gasteiger partial charge in [-0.3, -0.25) is 0 Å². The van der Waals surface area contributed by atoms with Gasteiger partial charge in [-0.15, -0.1) is 0 Å². The average Bonchev–Trinajstić information content (AvgIpc) is 2.46. The molecule has 0 fully saturated rings. The molecule has 20 heavy (non-hydrogen) atoms. The van der Waals surface area contributed by atoms with Crippen molar-refractivity contribution in [2.75, 3.05) is 5.32 Å². The highest BCUT2D eigenvalue weighted by Crippen LogP contribution is 2.26. The van der Waals surface area contributed by atoms with Gasteiger partial charge in [-0.05, 0) is 47.7 Å². The molecule has 0 aliphatic heterocycles. The van der Waals surface area contributed by atoms with E-state index in [-0.39, 0.29) is 0 Å². The van der Waals surface area contributed by atoms with Crippen LogP contribution in [0.3, 0.4) is 0 Å². The maximum absolute atomic E-state index is 3.64. The van der Waals surface area contributed by atoms with Crippen LogP contribution < -0.4 is 5.32 Å². The standard InChI is InChI=1S/C18H22BrN/c1-4-18(14-8-10-16(19)11-9-14)20-17-7-5-6-15(12-17)13(2)3/h5-13,18,20H,4H2,1-3H3. The van der Waals surface area contributed by atoms with E-state index in [2.05, 4.69) is 90.5 Å². The van der Waals surface area contributed by atoms with Crippen LogP contribution >= 0.6 is 15.9 Å². The van der Waals surface area contributed by atoms with Crippen LogP contribution in [-0.4, -0.2) is 0 Å². The number of nitrogens with one attached hydrogen (secondary N) is 1. The first-order valence-electron chi connectivity index (χ1n) is 7.22. The molecule has 0 saturated carbocycles. The van der Waals surface area contributed by atoms with Crippen LogP contribution in [0.1, 0.15) is 50.3 Å². The Kier molecular flexibility index (Phi) is 5.24. The number of rotatable bonds is 5. The van der Waals surface area contributed by atoms with Gasteiger partial charge in [0.25, 0.3) is 0 Å². The van der Waals surface area contributed by atoms with Crippen molar-refractivity contribution >= 4 is 21.6 Å². The van der Waals surface area contributed by atoms with Gasteiger partial charge in [-0.2, -0.15) is 0 Å². The van der Waals surface area contributed by atoms with Gasteiger partial charge in [0.1, 0.15) is 0 Å². The summed E-state index contributed by atoms with van der Waals surface area (Å²) in [6.07, 6.45) is 1.06. The maximum atomic E-state index is 3.64. The molecule has 0 saturated heterocycles. The molecule has 0 bridgehead atoms. The van der Waals surface area contributed by atoms with Crippen molar-refractivity contribution in [1.82, 2.24) is 0 Å². The third-order valence-corrected chi connectivity index (χ3v) is 4.10. The lowest BCUT2D eigenvalue weighted by Gasteiger charge is -2.20. The van der Waals surface area contributed by atoms with Gasteiger partial charge in [0, 0.05) is 10.2 Å². The summed E-state index contributed by atoms with van der Waals surface area (Å²) in [6.45, 7) is 6.67. The Morgan fingerprint density at radius 3 is 2.30 bits per heavy atom. The zero-order valence-corrected chi connectivity index (χ0v) is 13.9. The van der Waals surface area contributed by atoms with Crippen LogP contribution in [0.4, 0.5) is 5.69 Å². The zero-order chi connectivity index (χ0) is 14.5. The number of anilines is 1. The number of hydrogen-bond donors (Lipinski definition) is 1. The highest BCUT2D eigenvalue weighted by atomic mass is 79.9. The minimum Gasteiger partial charge on any atom is -0.378 e. The molecule has 0 spiro atoms. The summed E-state index contributed by atoms with van der Waals surface area (Å²) < 4.78 is 1.12. The average molecular weight is 332 g/mol. The van der Waals surface area contributed by atoms with Crippen molar-refractivity contribution in [1.29, 1.82) is 0 Å².